The lowest BCUT2D eigenvalue weighted by atomic mass is 9.56. The lowest BCUT2D eigenvalue weighted by Crippen LogP contribution is -2.82. The molecule has 4 aliphatic heterocycles. The van der Waals surface area contributed by atoms with Crippen LogP contribution in [0.5, 0.6) is 0 Å². The lowest BCUT2D eigenvalue weighted by Gasteiger charge is -2.62. The molecule has 1 aromatic carbocycles. The van der Waals surface area contributed by atoms with E-state index in [9.17, 15) is 10.1 Å². The van der Waals surface area contributed by atoms with Gasteiger partial charge in [-0.1, -0.05) is 56.4 Å². The van der Waals surface area contributed by atoms with E-state index >= 15 is 4.79 Å². The van der Waals surface area contributed by atoms with Crippen LogP contribution in [0.25, 0.3) is 0 Å². The van der Waals surface area contributed by atoms with Crippen molar-refractivity contribution < 1.29 is 14.3 Å². The van der Waals surface area contributed by atoms with Gasteiger partial charge >= 0.3 is 0 Å². The standard InChI is InChI=1S/C38H53ClN6O3S/c1-3-33(46)45-21-20-44(24-29(45)16-18-40)34-31-15-17-37(23-26-13-14-28(39)22-32(26)49-37)35(47)38(31,27-10-7-5-4-6-8-11-27)42-36(41-34)48-25-30-12-9-19-43(30)2/h3,13-14,22,27,29-31,34,36,41-42H,1,4-12,15-17,19-21,23-25H2,2H3/t29?,30?,31?,34?,36?,37-,38?/m0/s1. The van der Waals surface area contributed by atoms with Gasteiger partial charge in [-0.15, -0.1) is 11.8 Å². The zero-order valence-corrected chi connectivity index (χ0v) is 30.6. The number of nitrogens with zero attached hydrogens (tertiary/aromatic N) is 4. The number of amides is 1. The predicted octanol–water partition coefficient (Wildman–Crippen LogP) is 5.33. The number of ketones is 1. The molecular weight excluding hydrogens is 656 g/mol. The summed E-state index contributed by atoms with van der Waals surface area (Å²) in [5.41, 5.74) is 0.453. The Bertz CT molecular complexity index is 1450. The maximum absolute atomic E-state index is 15.9. The molecule has 6 aliphatic rings. The second kappa shape index (κ2) is 14.9. The third kappa shape index (κ3) is 6.74. The summed E-state index contributed by atoms with van der Waals surface area (Å²) in [6, 6.07) is 8.56. The maximum Gasteiger partial charge on any atom is 0.246 e. The van der Waals surface area contributed by atoms with Crippen molar-refractivity contribution in [1.29, 1.82) is 5.26 Å². The largest absolute Gasteiger partial charge is 0.348 e. The van der Waals surface area contributed by atoms with Crippen LogP contribution in [0.2, 0.25) is 5.02 Å². The number of fused-ring (bicyclic) bond motifs is 2. The number of benzene rings is 1. The Morgan fingerprint density at radius 3 is 2.65 bits per heavy atom. The molecule has 9 nitrogen and oxygen atoms in total. The molecule has 1 amide bonds. The number of likely N-dealkylation sites (tertiary alicyclic amines) is 1. The van der Waals surface area contributed by atoms with Crippen molar-refractivity contribution in [2.75, 3.05) is 39.8 Å². The number of rotatable bonds is 7. The summed E-state index contributed by atoms with van der Waals surface area (Å²) in [5, 5.41) is 18.4. The topological polar surface area (TPSA) is 101 Å². The fourth-order valence-corrected chi connectivity index (χ4v) is 12.0. The van der Waals surface area contributed by atoms with E-state index < -0.39 is 16.6 Å². The number of thioether (sulfide) groups is 1. The van der Waals surface area contributed by atoms with Crippen LogP contribution in [0.15, 0.2) is 35.7 Å². The molecule has 49 heavy (non-hydrogen) atoms. The Morgan fingerprint density at radius 1 is 1.12 bits per heavy atom. The number of carbonyl (C=O) groups is 2. The second-order valence-electron chi connectivity index (χ2n) is 15.4. The van der Waals surface area contributed by atoms with E-state index in [-0.39, 0.29) is 36.4 Å². The molecule has 5 fully saturated rings. The third-order valence-electron chi connectivity index (χ3n) is 12.7. The van der Waals surface area contributed by atoms with Crippen LogP contribution in [-0.4, -0.2) is 101 Å². The number of piperazine rings is 1. The van der Waals surface area contributed by atoms with Gasteiger partial charge in [-0.2, -0.15) is 5.26 Å². The van der Waals surface area contributed by atoms with Gasteiger partial charge in [0.25, 0.3) is 0 Å². The molecule has 2 saturated carbocycles. The van der Waals surface area contributed by atoms with Crippen molar-refractivity contribution in [3.63, 3.8) is 0 Å². The maximum atomic E-state index is 15.9. The summed E-state index contributed by atoms with van der Waals surface area (Å²) in [7, 11) is 2.17. The summed E-state index contributed by atoms with van der Waals surface area (Å²) < 4.78 is 6.26. The van der Waals surface area contributed by atoms with E-state index in [1.807, 2.05) is 12.1 Å². The summed E-state index contributed by atoms with van der Waals surface area (Å²) in [4.78, 5) is 36.5. The third-order valence-corrected chi connectivity index (χ3v) is 14.4. The molecule has 3 saturated heterocycles. The van der Waals surface area contributed by atoms with Gasteiger partial charge in [0.05, 0.1) is 41.6 Å². The first-order valence-corrected chi connectivity index (χ1v) is 19.9. The summed E-state index contributed by atoms with van der Waals surface area (Å²) in [6.07, 6.45) is 13.7. The molecule has 0 bridgehead atoms. The Balaban J connectivity index is 1.27. The van der Waals surface area contributed by atoms with Crippen LogP contribution < -0.4 is 10.6 Å². The van der Waals surface area contributed by atoms with Crippen molar-refractivity contribution in [2.24, 2.45) is 11.8 Å². The number of nitrogens with one attached hydrogen (secondary N) is 2. The normalized spacial score (nSPS) is 36.1. The number of hydrogen-bond acceptors (Lipinski definition) is 9. The molecule has 266 valence electrons. The van der Waals surface area contributed by atoms with Gasteiger partial charge in [0.2, 0.25) is 5.91 Å². The molecule has 0 radical (unpaired) electrons. The molecule has 4 heterocycles. The zero-order chi connectivity index (χ0) is 34.2. The number of nitriles is 1. The van der Waals surface area contributed by atoms with Crippen LogP contribution in [0, 0.1) is 23.2 Å². The number of hydrogen-bond donors (Lipinski definition) is 2. The Hall–Kier alpha value is -1.97. The molecule has 2 N–H and O–H groups in total. The van der Waals surface area contributed by atoms with E-state index in [4.69, 9.17) is 16.3 Å². The summed E-state index contributed by atoms with van der Waals surface area (Å²) >= 11 is 8.23. The molecule has 0 aromatic heterocycles. The van der Waals surface area contributed by atoms with Gasteiger partial charge in [0, 0.05) is 41.5 Å². The van der Waals surface area contributed by atoms with Gasteiger partial charge in [0.15, 0.2) is 12.1 Å². The number of halogens is 1. The van der Waals surface area contributed by atoms with E-state index in [2.05, 4.69) is 46.2 Å². The van der Waals surface area contributed by atoms with E-state index in [0.29, 0.717) is 43.1 Å². The van der Waals surface area contributed by atoms with Crippen LogP contribution in [-0.2, 0) is 20.7 Å². The smallest absolute Gasteiger partial charge is 0.246 e. The second-order valence-corrected chi connectivity index (χ2v) is 17.3. The van der Waals surface area contributed by atoms with Gasteiger partial charge < -0.3 is 14.5 Å². The van der Waals surface area contributed by atoms with Gasteiger partial charge in [-0.3, -0.25) is 25.1 Å². The van der Waals surface area contributed by atoms with Crippen molar-refractivity contribution in [1.82, 2.24) is 25.3 Å². The Kier molecular flexibility index (Phi) is 10.8. The highest BCUT2D eigenvalue weighted by Gasteiger charge is 2.66. The van der Waals surface area contributed by atoms with Crippen LogP contribution in [0.4, 0.5) is 0 Å². The monoisotopic (exact) mass is 708 g/mol. The quantitative estimate of drug-likeness (QED) is 0.364. The van der Waals surface area contributed by atoms with E-state index in [0.717, 1.165) is 62.8 Å². The van der Waals surface area contributed by atoms with Crippen LogP contribution in [0.3, 0.4) is 0 Å². The minimum Gasteiger partial charge on any atom is -0.348 e. The molecular formula is C38H53ClN6O3S. The van der Waals surface area contributed by atoms with Crippen molar-refractivity contribution >= 4 is 35.1 Å². The Morgan fingerprint density at radius 2 is 1.92 bits per heavy atom. The number of likely N-dealkylation sites (N-methyl/N-ethyl adjacent to an activating group) is 1. The molecule has 11 heteroatoms. The van der Waals surface area contributed by atoms with E-state index in [1.54, 1.807) is 16.7 Å². The van der Waals surface area contributed by atoms with Crippen molar-refractivity contribution in [3.05, 3.63) is 41.4 Å². The average molecular weight is 709 g/mol. The fourth-order valence-electron chi connectivity index (χ4n) is 10.2. The van der Waals surface area contributed by atoms with E-state index in [1.165, 1.54) is 37.3 Å². The highest BCUT2D eigenvalue weighted by Crippen LogP contribution is 2.58. The van der Waals surface area contributed by atoms with Gasteiger partial charge in [-0.05, 0) is 88.2 Å². The fraction of sp³-hybridized carbons (Fsp3) is 0.711. The Labute approximate surface area is 301 Å². The van der Waals surface area contributed by atoms with Gasteiger partial charge in [-0.25, -0.2) is 0 Å². The molecule has 2 aliphatic carbocycles. The predicted molar refractivity (Wildman–Crippen MR) is 193 cm³/mol. The van der Waals surface area contributed by atoms with Crippen molar-refractivity contribution in [2.45, 2.75) is 123 Å². The number of Topliss-reactive ketones (excluding diaryl/α,β-unsaturated/α-hetero) is 1. The summed E-state index contributed by atoms with van der Waals surface area (Å²) in [5.74, 6) is 0.419. The van der Waals surface area contributed by atoms with Gasteiger partial charge in [0.1, 0.15) is 0 Å². The first kappa shape index (κ1) is 35.4. The summed E-state index contributed by atoms with van der Waals surface area (Å²) in [6.45, 7) is 7.14. The zero-order valence-electron chi connectivity index (χ0n) is 29.0. The van der Waals surface area contributed by atoms with Crippen LogP contribution >= 0.6 is 23.4 Å². The highest BCUT2D eigenvalue weighted by molar-refractivity contribution is 8.01. The minimum absolute atomic E-state index is 0.0151. The SMILES string of the molecule is C=CC(=O)N1CCN(C2NC(OCC3CCCN3C)NC3(C4CCCCCCC4)C(=O)[C@]4(CCC23)Cc2ccc(Cl)cc2S4)CC1CC#N. The first-order valence-electron chi connectivity index (χ1n) is 18.7. The average Bonchev–Trinajstić information content (AvgIpc) is 3.67. The molecule has 7 atom stereocenters. The number of ether oxygens (including phenoxy) is 1. The number of carbonyl (C=O) groups excluding carboxylic acids is 2. The van der Waals surface area contributed by atoms with Crippen LogP contribution in [0.1, 0.15) is 82.6 Å². The molecule has 1 spiro atoms. The first-order chi connectivity index (χ1) is 23.8. The molecule has 1 aromatic rings. The van der Waals surface area contributed by atoms with Crippen molar-refractivity contribution in [3.8, 4) is 6.07 Å². The minimum atomic E-state index is -0.768. The molecule has 7 rings (SSSR count). The highest BCUT2D eigenvalue weighted by atomic mass is 35.5. The lowest BCUT2D eigenvalue weighted by molar-refractivity contribution is -0.169. The molecule has 6 unspecified atom stereocenters.